The van der Waals surface area contributed by atoms with Crippen molar-refractivity contribution < 1.29 is 28.6 Å². The van der Waals surface area contributed by atoms with Crippen molar-refractivity contribution in [3.8, 4) is 0 Å². The van der Waals surface area contributed by atoms with Crippen molar-refractivity contribution in [2.24, 2.45) is 0 Å². The molecule has 6 aromatic carbocycles. The lowest BCUT2D eigenvalue weighted by Crippen LogP contribution is -2.04. The predicted octanol–water partition coefficient (Wildman–Crippen LogP) is 8.80. The van der Waals surface area contributed by atoms with Crippen LogP contribution < -0.4 is 0 Å². The second-order valence-corrected chi connectivity index (χ2v) is 10.5. The molecule has 0 radical (unpaired) electrons. The van der Waals surface area contributed by atoms with E-state index < -0.39 is 0 Å². The van der Waals surface area contributed by atoms with Crippen molar-refractivity contribution in [1.82, 2.24) is 0 Å². The van der Waals surface area contributed by atoms with E-state index in [4.69, 9.17) is 14.2 Å². The minimum atomic E-state index is -0.286. The van der Waals surface area contributed by atoms with Crippen LogP contribution in [0.3, 0.4) is 0 Å². The molecule has 0 aliphatic rings. The fourth-order valence-corrected chi connectivity index (χ4v) is 5.23. The minimum Gasteiger partial charge on any atom is -0.465 e. The Balaban J connectivity index is 0.000000154. The average Bonchev–Trinajstić information content (AvgIpc) is 3.07. The van der Waals surface area contributed by atoms with Crippen LogP contribution in [0.2, 0.25) is 0 Å². The lowest BCUT2D eigenvalue weighted by atomic mass is 10.00. The summed E-state index contributed by atoms with van der Waals surface area (Å²) in [5.74, 6) is -0.842. The van der Waals surface area contributed by atoms with Crippen molar-refractivity contribution in [3.63, 3.8) is 0 Å². The van der Waals surface area contributed by atoms with Gasteiger partial charge < -0.3 is 14.2 Å². The number of rotatable bonds is 3. The number of ether oxygens (including phenoxy) is 3. The van der Waals surface area contributed by atoms with Crippen molar-refractivity contribution in [2.75, 3.05) is 21.3 Å². The summed E-state index contributed by atoms with van der Waals surface area (Å²) >= 11 is 0. The van der Waals surface area contributed by atoms with Gasteiger partial charge in [-0.05, 0) is 81.9 Å². The summed E-state index contributed by atoms with van der Waals surface area (Å²) in [7, 11) is 4.21. The van der Waals surface area contributed by atoms with Gasteiger partial charge in [0, 0.05) is 0 Å². The molecule has 0 spiro atoms. The van der Waals surface area contributed by atoms with Crippen LogP contribution in [0.4, 0.5) is 0 Å². The van der Waals surface area contributed by atoms with E-state index >= 15 is 0 Å². The van der Waals surface area contributed by atoms with Crippen molar-refractivity contribution in [3.05, 3.63) is 143 Å². The van der Waals surface area contributed by atoms with E-state index in [1.807, 2.05) is 124 Å². The highest BCUT2D eigenvalue weighted by molar-refractivity contribution is 6.07. The molecule has 0 unspecified atom stereocenters. The Morgan fingerprint density at radius 2 is 0.956 bits per heavy atom. The molecule has 0 fully saturated rings. The fourth-order valence-electron chi connectivity index (χ4n) is 5.23. The molecule has 6 aromatic rings. The number of methoxy groups -OCH3 is 3. The number of carbonyl (C=O) groups is 3. The molecule has 6 rings (SSSR count). The second kappa shape index (κ2) is 14.8. The molecule has 0 aromatic heterocycles. The quantitative estimate of drug-likeness (QED) is 0.149. The molecule has 6 nitrogen and oxygen atoms in total. The van der Waals surface area contributed by atoms with Gasteiger partial charge in [-0.1, -0.05) is 97.1 Å². The summed E-state index contributed by atoms with van der Waals surface area (Å²) in [4.78, 5) is 34.7. The first kappa shape index (κ1) is 32.4. The largest absolute Gasteiger partial charge is 0.465 e. The summed E-state index contributed by atoms with van der Waals surface area (Å²) < 4.78 is 14.3. The standard InChI is InChI=1S/3C13H12O2/c1-9-7-10-5-3-4-6-11(10)12(8-9)13(14)15-2;1-9-7-8-12(13(14)15-2)11-6-4-3-5-10(9)11;1-9-7-8-10-5-3-4-6-11(10)12(9)13(14)15-2/h3*3-8H,1-2H3. The molecule has 0 saturated heterocycles. The van der Waals surface area contributed by atoms with Gasteiger partial charge in [0.15, 0.2) is 0 Å². The molecule has 0 aliphatic heterocycles. The molecule has 0 bridgehead atoms. The Hall–Kier alpha value is -5.49. The minimum absolute atomic E-state index is 0.274. The van der Waals surface area contributed by atoms with Gasteiger partial charge in [0.05, 0.1) is 38.0 Å². The molecule has 45 heavy (non-hydrogen) atoms. The Morgan fingerprint density at radius 1 is 0.444 bits per heavy atom. The Bertz CT molecular complexity index is 2000. The third-order valence-corrected chi connectivity index (χ3v) is 7.49. The lowest BCUT2D eigenvalue weighted by Gasteiger charge is -2.07. The summed E-state index contributed by atoms with van der Waals surface area (Å²) in [5, 5.41) is 6.06. The molecule has 0 heterocycles. The van der Waals surface area contributed by atoms with Crippen molar-refractivity contribution >= 4 is 50.2 Å². The van der Waals surface area contributed by atoms with Crippen LogP contribution in [0.1, 0.15) is 47.8 Å². The second-order valence-electron chi connectivity index (χ2n) is 10.5. The fraction of sp³-hybridized carbons (Fsp3) is 0.154. The van der Waals surface area contributed by atoms with E-state index in [2.05, 4.69) is 6.07 Å². The molecule has 228 valence electrons. The predicted molar refractivity (Wildman–Crippen MR) is 180 cm³/mol. The first-order valence-electron chi connectivity index (χ1n) is 14.4. The van der Waals surface area contributed by atoms with E-state index in [1.165, 1.54) is 26.9 Å². The number of aryl methyl sites for hydroxylation is 3. The molecule has 0 aliphatic carbocycles. The Kier molecular flexibility index (Phi) is 10.7. The van der Waals surface area contributed by atoms with Crippen LogP contribution in [-0.2, 0) is 14.2 Å². The number of fused-ring (bicyclic) bond motifs is 3. The number of hydrogen-bond donors (Lipinski definition) is 0. The Labute approximate surface area is 263 Å². The topological polar surface area (TPSA) is 78.9 Å². The summed E-state index contributed by atoms with van der Waals surface area (Å²) in [6.07, 6.45) is 0. The molecule has 0 amide bonds. The molecule has 0 N–H and O–H groups in total. The maximum Gasteiger partial charge on any atom is 0.338 e. The zero-order valence-electron chi connectivity index (χ0n) is 26.3. The van der Waals surface area contributed by atoms with Crippen LogP contribution in [0.5, 0.6) is 0 Å². The van der Waals surface area contributed by atoms with Crippen LogP contribution >= 0.6 is 0 Å². The molecule has 0 atom stereocenters. The highest BCUT2D eigenvalue weighted by Crippen LogP contribution is 2.24. The number of hydrogen-bond acceptors (Lipinski definition) is 6. The van der Waals surface area contributed by atoms with Crippen LogP contribution in [0, 0.1) is 20.8 Å². The van der Waals surface area contributed by atoms with E-state index in [9.17, 15) is 14.4 Å². The van der Waals surface area contributed by atoms with Crippen LogP contribution in [0.15, 0.2) is 109 Å². The maximum absolute atomic E-state index is 11.6. The van der Waals surface area contributed by atoms with Crippen molar-refractivity contribution in [2.45, 2.75) is 20.8 Å². The molecular weight excluding hydrogens is 564 g/mol. The third-order valence-electron chi connectivity index (χ3n) is 7.49. The van der Waals surface area contributed by atoms with Crippen molar-refractivity contribution in [1.29, 1.82) is 0 Å². The van der Waals surface area contributed by atoms with Gasteiger partial charge >= 0.3 is 17.9 Å². The number of carbonyl (C=O) groups excluding carboxylic acids is 3. The first-order valence-corrected chi connectivity index (χ1v) is 14.4. The normalized spacial score (nSPS) is 10.3. The number of benzene rings is 6. The van der Waals surface area contributed by atoms with Gasteiger partial charge in [0.1, 0.15) is 0 Å². The zero-order valence-corrected chi connectivity index (χ0v) is 26.3. The van der Waals surface area contributed by atoms with Gasteiger partial charge in [-0.2, -0.15) is 0 Å². The van der Waals surface area contributed by atoms with E-state index in [0.717, 1.165) is 43.4 Å². The van der Waals surface area contributed by atoms with Crippen LogP contribution in [-0.4, -0.2) is 39.2 Å². The lowest BCUT2D eigenvalue weighted by molar-refractivity contribution is 0.0593. The summed E-state index contributed by atoms with van der Waals surface area (Å²) in [6, 6.07) is 35.1. The third kappa shape index (κ3) is 7.36. The highest BCUT2D eigenvalue weighted by atomic mass is 16.5. The monoisotopic (exact) mass is 600 g/mol. The average molecular weight is 601 g/mol. The van der Waals surface area contributed by atoms with Gasteiger partial charge in [-0.3, -0.25) is 0 Å². The highest BCUT2D eigenvalue weighted by Gasteiger charge is 2.13. The maximum atomic E-state index is 11.6. The van der Waals surface area contributed by atoms with Crippen LogP contribution in [0.25, 0.3) is 32.3 Å². The van der Waals surface area contributed by atoms with Gasteiger partial charge in [-0.15, -0.1) is 0 Å². The van der Waals surface area contributed by atoms with E-state index in [-0.39, 0.29) is 17.9 Å². The smallest absolute Gasteiger partial charge is 0.338 e. The van der Waals surface area contributed by atoms with Gasteiger partial charge in [-0.25, -0.2) is 14.4 Å². The summed E-state index contributed by atoms with van der Waals surface area (Å²) in [5.41, 5.74) is 5.09. The Morgan fingerprint density at radius 3 is 1.60 bits per heavy atom. The van der Waals surface area contributed by atoms with E-state index in [1.54, 1.807) is 0 Å². The van der Waals surface area contributed by atoms with Gasteiger partial charge in [0.25, 0.3) is 0 Å². The molecule has 6 heteroatoms. The summed E-state index contributed by atoms with van der Waals surface area (Å²) in [6.45, 7) is 5.92. The number of esters is 3. The van der Waals surface area contributed by atoms with E-state index in [0.29, 0.717) is 16.7 Å². The first-order chi connectivity index (χ1) is 21.7. The molecule has 0 saturated carbocycles. The van der Waals surface area contributed by atoms with Gasteiger partial charge in [0.2, 0.25) is 0 Å². The molecular formula is C39H36O6. The SMILES string of the molecule is COC(=O)c1c(C)ccc2ccccc12.COC(=O)c1cc(C)cc2ccccc12.COC(=O)c1ccc(C)c2ccccc12. The zero-order chi connectivity index (χ0) is 32.5.